The number of anilines is 1. The maximum absolute atomic E-state index is 11.4. The Hall–Kier alpha value is -2.13. The topological polar surface area (TPSA) is 49.3 Å². The Morgan fingerprint density at radius 1 is 1.14 bits per heavy atom. The Morgan fingerprint density at radius 3 is 2.67 bits per heavy atom. The van der Waals surface area contributed by atoms with Gasteiger partial charge in [0.1, 0.15) is 0 Å². The molecule has 21 heavy (non-hydrogen) atoms. The summed E-state index contributed by atoms with van der Waals surface area (Å²) in [6, 6.07) is 14.0. The lowest BCUT2D eigenvalue weighted by atomic mass is 9.95. The second-order valence-electron chi connectivity index (χ2n) is 5.67. The van der Waals surface area contributed by atoms with Gasteiger partial charge in [-0.05, 0) is 36.1 Å². The fourth-order valence-corrected chi connectivity index (χ4v) is 2.68. The lowest BCUT2D eigenvalue weighted by molar-refractivity contribution is -0.116. The lowest BCUT2D eigenvalue weighted by Gasteiger charge is -2.19. The van der Waals surface area contributed by atoms with Crippen LogP contribution in [-0.2, 0) is 17.6 Å². The summed E-state index contributed by atoms with van der Waals surface area (Å²) < 4.78 is 0. The number of hydrogen-bond donors (Lipinski definition) is 2. The van der Waals surface area contributed by atoms with Crippen molar-refractivity contribution >= 4 is 11.6 Å². The minimum atomic E-state index is -0.518. The van der Waals surface area contributed by atoms with Gasteiger partial charge in [0, 0.05) is 18.5 Å². The number of aliphatic hydroxyl groups is 1. The van der Waals surface area contributed by atoms with E-state index in [1.165, 1.54) is 5.56 Å². The van der Waals surface area contributed by atoms with E-state index in [0.717, 1.165) is 28.8 Å². The van der Waals surface area contributed by atoms with Crippen molar-refractivity contribution in [3.8, 4) is 0 Å². The number of benzene rings is 2. The summed E-state index contributed by atoms with van der Waals surface area (Å²) in [5.74, 6) is 0.0652. The minimum Gasteiger partial charge on any atom is -0.388 e. The van der Waals surface area contributed by atoms with Crippen LogP contribution in [0.4, 0.5) is 5.69 Å². The van der Waals surface area contributed by atoms with Crippen molar-refractivity contribution in [3.05, 3.63) is 64.7 Å². The van der Waals surface area contributed by atoms with E-state index in [9.17, 15) is 9.90 Å². The molecule has 1 aliphatic heterocycles. The van der Waals surface area contributed by atoms with Crippen LogP contribution in [0.25, 0.3) is 0 Å². The highest BCUT2D eigenvalue weighted by Gasteiger charge is 2.17. The van der Waals surface area contributed by atoms with Gasteiger partial charge in [0.15, 0.2) is 0 Å². The van der Waals surface area contributed by atoms with Crippen LogP contribution in [0.3, 0.4) is 0 Å². The molecule has 0 aliphatic carbocycles. The van der Waals surface area contributed by atoms with Crippen LogP contribution in [0.5, 0.6) is 0 Å². The maximum atomic E-state index is 11.4. The normalized spacial score (nSPS) is 15.2. The minimum absolute atomic E-state index is 0.0652. The Morgan fingerprint density at radius 2 is 1.90 bits per heavy atom. The van der Waals surface area contributed by atoms with E-state index < -0.39 is 6.10 Å². The zero-order chi connectivity index (χ0) is 14.8. The van der Waals surface area contributed by atoms with Crippen molar-refractivity contribution in [3.63, 3.8) is 0 Å². The van der Waals surface area contributed by atoms with Gasteiger partial charge in [-0.2, -0.15) is 0 Å². The molecule has 0 bridgehead atoms. The highest BCUT2D eigenvalue weighted by Crippen LogP contribution is 2.27. The van der Waals surface area contributed by atoms with E-state index in [-0.39, 0.29) is 5.91 Å². The molecule has 0 fully saturated rings. The van der Waals surface area contributed by atoms with Crippen LogP contribution in [0.15, 0.2) is 42.5 Å². The molecular weight excluding hydrogens is 262 g/mol. The molecule has 0 spiro atoms. The van der Waals surface area contributed by atoms with E-state index in [2.05, 4.69) is 36.5 Å². The number of aryl methyl sites for hydroxylation is 2. The van der Waals surface area contributed by atoms with Gasteiger partial charge >= 0.3 is 0 Å². The third-order valence-electron chi connectivity index (χ3n) is 3.96. The summed E-state index contributed by atoms with van der Waals surface area (Å²) >= 11 is 0. The van der Waals surface area contributed by atoms with Crippen molar-refractivity contribution in [2.24, 2.45) is 0 Å². The first kappa shape index (κ1) is 13.8. The van der Waals surface area contributed by atoms with Crippen LogP contribution in [-0.4, -0.2) is 11.0 Å². The molecule has 0 saturated heterocycles. The molecule has 1 heterocycles. The first-order chi connectivity index (χ1) is 10.1. The third-order valence-corrected chi connectivity index (χ3v) is 3.96. The number of aliphatic hydroxyl groups excluding tert-OH is 1. The summed E-state index contributed by atoms with van der Waals surface area (Å²) in [5.41, 5.74) is 5.23. The van der Waals surface area contributed by atoms with Gasteiger partial charge in [0.2, 0.25) is 5.91 Å². The van der Waals surface area contributed by atoms with Crippen molar-refractivity contribution in [1.82, 2.24) is 0 Å². The lowest BCUT2D eigenvalue weighted by Crippen LogP contribution is -2.19. The summed E-state index contributed by atoms with van der Waals surface area (Å²) in [7, 11) is 0. The molecule has 2 aromatic carbocycles. The zero-order valence-corrected chi connectivity index (χ0v) is 12.1. The van der Waals surface area contributed by atoms with Crippen LogP contribution in [0.1, 0.15) is 34.8 Å². The molecule has 0 saturated carbocycles. The fourth-order valence-electron chi connectivity index (χ4n) is 2.68. The number of nitrogens with one attached hydrogen (secondary N) is 1. The zero-order valence-electron chi connectivity index (χ0n) is 12.1. The smallest absolute Gasteiger partial charge is 0.224 e. The largest absolute Gasteiger partial charge is 0.388 e. The average molecular weight is 281 g/mol. The molecule has 108 valence electrons. The van der Waals surface area contributed by atoms with Crippen molar-refractivity contribution in [1.29, 1.82) is 0 Å². The Bertz CT molecular complexity index is 661. The summed E-state index contributed by atoms with van der Waals surface area (Å²) in [6.45, 7) is 2.05. The van der Waals surface area contributed by atoms with Gasteiger partial charge in [0.25, 0.3) is 0 Å². The van der Waals surface area contributed by atoms with Crippen LogP contribution in [0, 0.1) is 6.92 Å². The van der Waals surface area contributed by atoms with Crippen LogP contribution < -0.4 is 5.32 Å². The predicted molar refractivity (Wildman–Crippen MR) is 83.2 cm³/mol. The number of amides is 1. The Kier molecular flexibility index (Phi) is 3.76. The molecule has 3 nitrogen and oxygen atoms in total. The molecule has 1 amide bonds. The highest BCUT2D eigenvalue weighted by atomic mass is 16.3. The summed E-state index contributed by atoms with van der Waals surface area (Å²) in [5, 5.41) is 13.3. The van der Waals surface area contributed by atoms with Crippen molar-refractivity contribution in [2.45, 2.75) is 32.3 Å². The molecule has 3 rings (SSSR count). The van der Waals surface area contributed by atoms with Gasteiger partial charge in [-0.25, -0.2) is 0 Å². The number of rotatable bonds is 3. The Labute approximate surface area is 124 Å². The molecule has 1 atom stereocenters. The van der Waals surface area contributed by atoms with E-state index in [1.54, 1.807) is 0 Å². The number of hydrogen-bond acceptors (Lipinski definition) is 2. The van der Waals surface area contributed by atoms with E-state index in [4.69, 9.17) is 0 Å². The Balaban J connectivity index is 1.77. The van der Waals surface area contributed by atoms with Gasteiger partial charge in [-0.15, -0.1) is 0 Å². The molecule has 0 radical (unpaired) electrons. The SMILES string of the molecule is Cc1ccc(CC(O)c2ccc3c(c2)CCC(=O)N3)cc1. The summed E-state index contributed by atoms with van der Waals surface area (Å²) in [4.78, 5) is 11.4. The average Bonchev–Trinajstić information content (AvgIpc) is 2.49. The molecule has 1 unspecified atom stereocenters. The standard InChI is InChI=1S/C18H19NO2/c1-12-2-4-13(5-3-12)10-17(20)15-6-8-16-14(11-15)7-9-18(21)19-16/h2-6,8,11,17,20H,7,9-10H2,1H3,(H,19,21). The van der Waals surface area contributed by atoms with E-state index >= 15 is 0 Å². The molecule has 1 aliphatic rings. The third kappa shape index (κ3) is 3.14. The van der Waals surface area contributed by atoms with E-state index in [1.807, 2.05) is 18.2 Å². The second kappa shape index (κ2) is 5.70. The molecule has 3 heteroatoms. The van der Waals surface area contributed by atoms with Gasteiger partial charge in [-0.3, -0.25) is 4.79 Å². The van der Waals surface area contributed by atoms with Crippen LogP contribution in [0.2, 0.25) is 0 Å². The predicted octanol–water partition coefficient (Wildman–Crippen LogP) is 3.16. The molecule has 0 aromatic heterocycles. The van der Waals surface area contributed by atoms with E-state index in [0.29, 0.717) is 12.8 Å². The van der Waals surface area contributed by atoms with Gasteiger partial charge < -0.3 is 10.4 Å². The van der Waals surface area contributed by atoms with Gasteiger partial charge in [0.05, 0.1) is 6.10 Å². The molecule has 2 N–H and O–H groups in total. The number of carbonyl (C=O) groups is 1. The number of fused-ring (bicyclic) bond motifs is 1. The quantitative estimate of drug-likeness (QED) is 0.908. The van der Waals surface area contributed by atoms with Crippen molar-refractivity contribution < 1.29 is 9.90 Å². The second-order valence-corrected chi connectivity index (χ2v) is 5.67. The van der Waals surface area contributed by atoms with Crippen LogP contribution >= 0.6 is 0 Å². The number of carbonyl (C=O) groups excluding carboxylic acids is 1. The monoisotopic (exact) mass is 281 g/mol. The van der Waals surface area contributed by atoms with Crippen molar-refractivity contribution in [2.75, 3.05) is 5.32 Å². The molecule has 2 aromatic rings. The maximum Gasteiger partial charge on any atom is 0.224 e. The summed E-state index contributed by atoms with van der Waals surface area (Å²) in [6.07, 6.45) is 1.35. The van der Waals surface area contributed by atoms with Gasteiger partial charge in [-0.1, -0.05) is 42.0 Å². The first-order valence-corrected chi connectivity index (χ1v) is 7.28. The first-order valence-electron chi connectivity index (χ1n) is 7.28. The fraction of sp³-hybridized carbons (Fsp3) is 0.278. The highest BCUT2D eigenvalue weighted by molar-refractivity contribution is 5.93. The molecular formula is C18H19NO2.